The molecule has 2 aromatic carbocycles. The molecule has 1 heterocycles. The van der Waals surface area contributed by atoms with E-state index in [1.165, 1.54) is 12.1 Å². The minimum absolute atomic E-state index is 0.0236. The van der Waals surface area contributed by atoms with Gasteiger partial charge in [0, 0.05) is 17.7 Å². The number of hydrogen-bond donors (Lipinski definition) is 0. The van der Waals surface area contributed by atoms with Crippen molar-refractivity contribution in [1.29, 1.82) is 5.26 Å². The first kappa shape index (κ1) is 17.7. The van der Waals surface area contributed by atoms with E-state index < -0.39 is 4.92 Å². The molecule has 0 saturated heterocycles. The van der Waals surface area contributed by atoms with Gasteiger partial charge in [-0.2, -0.15) is 5.26 Å². The predicted octanol–water partition coefficient (Wildman–Crippen LogP) is 6.23. The number of nitro benzene ring substituents is 1. The van der Waals surface area contributed by atoms with E-state index in [1.54, 1.807) is 48.5 Å². The van der Waals surface area contributed by atoms with E-state index >= 15 is 0 Å². The van der Waals surface area contributed by atoms with Gasteiger partial charge in [0.1, 0.15) is 11.5 Å². The van der Waals surface area contributed by atoms with Crippen LogP contribution in [0.4, 0.5) is 5.69 Å². The van der Waals surface area contributed by atoms with Crippen LogP contribution in [0.2, 0.25) is 10.0 Å². The highest BCUT2D eigenvalue weighted by molar-refractivity contribution is 6.42. The Morgan fingerprint density at radius 2 is 1.92 bits per heavy atom. The van der Waals surface area contributed by atoms with Gasteiger partial charge >= 0.3 is 0 Å². The molecule has 3 rings (SSSR count). The minimum Gasteiger partial charge on any atom is -0.457 e. The lowest BCUT2D eigenvalue weighted by Crippen LogP contribution is -1.87. The molecule has 0 radical (unpaired) electrons. The molecule has 0 atom stereocenters. The molecule has 0 aliphatic rings. The van der Waals surface area contributed by atoms with Crippen LogP contribution in [0.3, 0.4) is 0 Å². The zero-order valence-corrected chi connectivity index (χ0v) is 14.7. The van der Waals surface area contributed by atoms with Crippen LogP contribution >= 0.6 is 23.2 Å². The normalized spacial score (nSPS) is 11.2. The number of nitriles is 1. The molecular weight excluding hydrogens is 375 g/mol. The highest BCUT2D eigenvalue weighted by Gasteiger charge is 2.11. The van der Waals surface area contributed by atoms with Crippen LogP contribution in [0.5, 0.6) is 0 Å². The highest BCUT2D eigenvalue weighted by Crippen LogP contribution is 2.29. The summed E-state index contributed by atoms with van der Waals surface area (Å²) in [4.78, 5) is 10.4. The number of nitro groups is 1. The van der Waals surface area contributed by atoms with Gasteiger partial charge in [0.25, 0.3) is 5.69 Å². The third-order valence-electron chi connectivity index (χ3n) is 3.61. The Hall–Kier alpha value is -3.07. The molecule has 0 aliphatic heterocycles. The molecule has 0 amide bonds. The first-order valence-corrected chi connectivity index (χ1v) is 8.15. The van der Waals surface area contributed by atoms with Crippen LogP contribution in [0.15, 0.2) is 59.0 Å². The molecule has 0 fully saturated rings. The number of furan rings is 1. The number of allylic oxidation sites excluding steroid dienone is 1. The monoisotopic (exact) mass is 384 g/mol. The number of benzene rings is 2. The fourth-order valence-electron chi connectivity index (χ4n) is 2.34. The zero-order valence-electron chi connectivity index (χ0n) is 13.1. The van der Waals surface area contributed by atoms with Crippen molar-refractivity contribution in [2.24, 2.45) is 0 Å². The van der Waals surface area contributed by atoms with Crippen molar-refractivity contribution in [2.75, 3.05) is 0 Å². The molecule has 0 aliphatic carbocycles. The number of rotatable bonds is 4. The van der Waals surface area contributed by atoms with E-state index in [0.717, 1.165) is 0 Å². The molecule has 128 valence electrons. The van der Waals surface area contributed by atoms with E-state index in [1.807, 2.05) is 0 Å². The van der Waals surface area contributed by atoms with Crippen molar-refractivity contribution < 1.29 is 9.34 Å². The molecule has 1 aromatic heterocycles. The lowest BCUT2D eigenvalue weighted by Gasteiger charge is -2.01. The average Bonchev–Trinajstić information content (AvgIpc) is 3.11. The van der Waals surface area contributed by atoms with Gasteiger partial charge in [-0.1, -0.05) is 41.4 Å². The first-order valence-electron chi connectivity index (χ1n) is 7.40. The summed E-state index contributed by atoms with van der Waals surface area (Å²) < 4.78 is 5.70. The summed E-state index contributed by atoms with van der Waals surface area (Å²) >= 11 is 11.9. The van der Waals surface area contributed by atoms with Gasteiger partial charge in [-0.3, -0.25) is 10.1 Å². The third kappa shape index (κ3) is 3.77. The summed E-state index contributed by atoms with van der Waals surface area (Å²) in [5.74, 6) is 0.903. The smallest absolute Gasteiger partial charge is 0.270 e. The Kier molecular flexibility index (Phi) is 5.08. The minimum atomic E-state index is -0.467. The molecule has 0 bridgehead atoms. The summed E-state index contributed by atoms with van der Waals surface area (Å²) in [7, 11) is 0. The van der Waals surface area contributed by atoms with Gasteiger partial charge in [0.2, 0.25) is 0 Å². The van der Waals surface area contributed by atoms with Gasteiger partial charge in [-0.15, -0.1) is 0 Å². The van der Waals surface area contributed by atoms with E-state index in [9.17, 15) is 15.4 Å². The van der Waals surface area contributed by atoms with Gasteiger partial charge < -0.3 is 4.42 Å². The van der Waals surface area contributed by atoms with Gasteiger partial charge in [-0.25, -0.2) is 0 Å². The van der Waals surface area contributed by atoms with Crippen molar-refractivity contribution in [3.8, 4) is 17.4 Å². The Bertz CT molecular complexity index is 1060. The summed E-state index contributed by atoms with van der Waals surface area (Å²) in [5, 5.41) is 21.1. The van der Waals surface area contributed by atoms with Gasteiger partial charge in [-0.05, 0) is 35.9 Å². The fraction of sp³-hybridized carbons (Fsp3) is 0. The van der Waals surface area contributed by atoms with Crippen LogP contribution in [-0.2, 0) is 0 Å². The van der Waals surface area contributed by atoms with Crippen molar-refractivity contribution in [2.45, 2.75) is 0 Å². The van der Waals surface area contributed by atoms with Crippen LogP contribution in [0.25, 0.3) is 23.0 Å². The summed E-state index contributed by atoms with van der Waals surface area (Å²) in [5.41, 5.74) is 1.51. The molecule has 0 unspecified atom stereocenters. The largest absolute Gasteiger partial charge is 0.457 e. The maximum Gasteiger partial charge on any atom is 0.270 e. The Balaban J connectivity index is 1.95. The maximum absolute atomic E-state index is 10.9. The molecule has 3 aromatic rings. The molecule has 26 heavy (non-hydrogen) atoms. The van der Waals surface area contributed by atoms with Crippen LogP contribution in [0, 0.1) is 21.4 Å². The van der Waals surface area contributed by atoms with Gasteiger partial charge in [0.05, 0.1) is 26.6 Å². The lowest BCUT2D eigenvalue weighted by molar-refractivity contribution is -0.384. The third-order valence-corrected chi connectivity index (χ3v) is 4.34. The zero-order chi connectivity index (χ0) is 18.7. The average molecular weight is 385 g/mol. The summed E-state index contributed by atoms with van der Waals surface area (Å²) in [6, 6.07) is 16.5. The number of non-ortho nitro benzene ring substituents is 1. The SMILES string of the molecule is N#C/C(=C\c1ccc(-c2cccc([N+](=O)[O-])c2)o1)c1ccc(Cl)c(Cl)c1. The van der Waals surface area contributed by atoms with Crippen molar-refractivity contribution >= 4 is 40.5 Å². The second kappa shape index (κ2) is 7.44. The molecule has 0 N–H and O–H groups in total. The van der Waals surface area contributed by atoms with Gasteiger partial charge in [0.15, 0.2) is 0 Å². The van der Waals surface area contributed by atoms with Crippen molar-refractivity contribution in [3.05, 3.63) is 86.1 Å². The standard InChI is InChI=1S/C19H10Cl2N2O3/c20-17-6-4-12(10-18(17)21)14(11-22)9-16-5-7-19(26-16)13-2-1-3-15(8-13)23(24)25/h1-10H/b14-9+. The second-order valence-electron chi connectivity index (χ2n) is 5.31. The van der Waals surface area contributed by atoms with Crippen molar-refractivity contribution in [3.63, 3.8) is 0 Å². The second-order valence-corrected chi connectivity index (χ2v) is 6.12. The fourth-order valence-corrected chi connectivity index (χ4v) is 2.64. The first-order chi connectivity index (χ1) is 12.5. The van der Waals surface area contributed by atoms with E-state index in [-0.39, 0.29) is 5.69 Å². The summed E-state index contributed by atoms with van der Waals surface area (Å²) in [6.45, 7) is 0. The molecule has 7 heteroatoms. The quantitative estimate of drug-likeness (QED) is 0.303. The Labute approximate surface area is 158 Å². The molecular formula is C19H10Cl2N2O3. The Morgan fingerprint density at radius 1 is 1.12 bits per heavy atom. The number of halogens is 2. The highest BCUT2D eigenvalue weighted by atomic mass is 35.5. The molecule has 5 nitrogen and oxygen atoms in total. The van der Waals surface area contributed by atoms with E-state index in [0.29, 0.717) is 38.3 Å². The summed E-state index contributed by atoms with van der Waals surface area (Å²) in [6.07, 6.45) is 1.57. The number of nitrogens with zero attached hydrogens (tertiary/aromatic N) is 2. The van der Waals surface area contributed by atoms with E-state index in [2.05, 4.69) is 6.07 Å². The predicted molar refractivity (Wildman–Crippen MR) is 101 cm³/mol. The van der Waals surface area contributed by atoms with Crippen LogP contribution in [0.1, 0.15) is 11.3 Å². The van der Waals surface area contributed by atoms with Crippen LogP contribution < -0.4 is 0 Å². The Morgan fingerprint density at radius 3 is 2.62 bits per heavy atom. The molecule has 0 spiro atoms. The maximum atomic E-state index is 10.9. The number of hydrogen-bond acceptors (Lipinski definition) is 4. The van der Waals surface area contributed by atoms with E-state index in [4.69, 9.17) is 27.6 Å². The topological polar surface area (TPSA) is 80.1 Å². The molecule has 0 saturated carbocycles. The van der Waals surface area contributed by atoms with Crippen molar-refractivity contribution in [1.82, 2.24) is 0 Å². The van der Waals surface area contributed by atoms with Crippen LogP contribution in [-0.4, -0.2) is 4.92 Å². The lowest BCUT2D eigenvalue weighted by atomic mass is 10.1.